The first-order valence-corrected chi connectivity index (χ1v) is 12.6. The number of hydrogen-bond acceptors (Lipinski definition) is 6. The Hall–Kier alpha value is -3.64. The van der Waals surface area contributed by atoms with E-state index in [2.05, 4.69) is 11.4 Å². The number of ether oxygens (including phenoxy) is 2. The van der Waals surface area contributed by atoms with Gasteiger partial charge in [0.25, 0.3) is 0 Å². The second kappa shape index (κ2) is 9.92. The molecule has 1 aliphatic carbocycles. The molecular formula is C29H27NO4S. The molecule has 1 N–H and O–H groups in total. The van der Waals surface area contributed by atoms with E-state index < -0.39 is 11.9 Å². The van der Waals surface area contributed by atoms with Crippen molar-refractivity contribution in [2.24, 2.45) is 0 Å². The van der Waals surface area contributed by atoms with Gasteiger partial charge in [-0.15, -0.1) is 11.3 Å². The molecule has 5 rings (SSSR count). The minimum atomic E-state index is -0.473. The number of hydrogen-bond donors (Lipinski definition) is 1. The van der Waals surface area contributed by atoms with Crippen LogP contribution in [0.1, 0.15) is 47.6 Å². The number of nitrogens with one attached hydrogen (secondary N) is 1. The van der Waals surface area contributed by atoms with Gasteiger partial charge in [0.15, 0.2) is 5.78 Å². The first-order chi connectivity index (χ1) is 17.0. The first kappa shape index (κ1) is 23.1. The summed E-state index contributed by atoms with van der Waals surface area (Å²) in [4.78, 5) is 27.6. The third-order valence-corrected chi connectivity index (χ3v) is 7.68. The Morgan fingerprint density at radius 3 is 2.49 bits per heavy atom. The zero-order valence-corrected chi connectivity index (χ0v) is 20.6. The summed E-state index contributed by atoms with van der Waals surface area (Å²) in [5.74, 6) is 0.0488. The largest absolute Gasteiger partial charge is 0.489 e. The van der Waals surface area contributed by atoms with Gasteiger partial charge in [-0.25, -0.2) is 4.79 Å². The summed E-state index contributed by atoms with van der Waals surface area (Å²) < 4.78 is 11.1. The Bertz CT molecular complexity index is 1290. The number of benzene rings is 2. The van der Waals surface area contributed by atoms with Gasteiger partial charge in [0.05, 0.1) is 12.7 Å². The van der Waals surface area contributed by atoms with Crippen LogP contribution in [0.5, 0.6) is 5.75 Å². The van der Waals surface area contributed by atoms with Crippen molar-refractivity contribution in [3.63, 3.8) is 0 Å². The maximum Gasteiger partial charge on any atom is 0.336 e. The summed E-state index contributed by atoms with van der Waals surface area (Å²) in [6.07, 6.45) is 1.17. The molecular weight excluding hydrogens is 458 g/mol. The third-order valence-electron chi connectivity index (χ3n) is 6.64. The van der Waals surface area contributed by atoms with Crippen LogP contribution in [0.4, 0.5) is 0 Å². The first-order valence-electron chi connectivity index (χ1n) is 11.7. The lowest BCUT2D eigenvalue weighted by Gasteiger charge is -2.36. The Balaban J connectivity index is 1.47. The van der Waals surface area contributed by atoms with E-state index in [0.717, 1.165) is 34.7 Å². The van der Waals surface area contributed by atoms with Gasteiger partial charge in [0, 0.05) is 40.1 Å². The highest BCUT2D eigenvalue weighted by Crippen LogP contribution is 2.46. The molecule has 0 fully saturated rings. The molecule has 2 atom stereocenters. The second-order valence-electron chi connectivity index (χ2n) is 8.87. The number of allylic oxidation sites excluding steroid dienone is 3. The zero-order valence-electron chi connectivity index (χ0n) is 19.7. The molecule has 0 unspecified atom stereocenters. The van der Waals surface area contributed by atoms with E-state index in [4.69, 9.17) is 9.47 Å². The van der Waals surface area contributed by atoms with Crippen molar-refractivity contribution < 1.29 is 19.1 Å². The van der Waals surface area contributed by atoms with Gasteiger partial charge in [-0.1, -0.05) is 48.5 Å². The molecule has 6 heteroatoms. The fourth-order valence-corrected chi connectivity index (χ4v) is 5.81. The molecule has 0 radical (unpaired) electrons. The van der Waals surface area contributed by atoms with Crippen molar-refractivity contribution in [1.29, 1.82) is 0 Å². The van der Waals surface area contributed by atoms with E-state index in [0.29, 0.717) is 24.2 Å². The number of rotatable bonds is 6. The van der Waals surface area contributed by atoms with E-state index in [9.17, 15) is 9.59 Å². The van der Waals surface area contributed by atoms with Gasteiger partial charge in [-0.05, 0) is 48.1 Å². The van der Waals surface area contributed by atoms with E-state index >= 15 is 0 Å². The van der Waals surface area contributed by atoms with Crippen molar-refractivity contribution in [2.45, 2.75) is 38.2 Å². The van der Waals surface area contributed by atoms with Crippen LogP contribution in [0.15, 0.2) is 94.7 Å². The van der Waals surface area contributed by atoms with E-state index in [-0.39, 0.29) is 11.7 Å². The monoisotopic (exact) mass is 485 g/mol. The fraction of sp³-hybridized carbons (Fsp3) is 0.241. The quantitative estimate of drug-likeness (QED) is 0.443. The number of dihydropyridines is 1. The summed E-state index contributed by atoms with van der Waals surface area (Å²) in [6.45, 7) is 2.34. The van der Waals surface area contributed by atoms with Gasteiger partial charge >= 0.3 is 5.97 Å². The van der Waals surface area contributed by atoms with Crippen molar-refractivity contribution >= 4 is 23.1 Å². The lowest BCUT2D eigenvalue weighted by Crippen LogP contribution is -2.35. The normalized spacial score (nSPS) is 19.8. The van der Waals surface area contributed by atoms with Gasteiger partial charge < -0.3 is 14.8 Å². The third kappa shape index (κ3) is 4.66. The lowest BCUT2D eigenvalue weighted by atomic mass is 9.72. The van der Waals surface area contributed by atoms with Crippen LogP contribution in [-0.2, 0) is 20.9 Å². The maximum atomic E-state index is 13.5. The van der Waals surface area contributed by atoms with E-state index in [1.807, 2.05) is 73.0 Å². The van der Waals surface area contributed by atoms with E-state index in [1.54, 1.807) is 11.3 Å². The maximum absolute atomic E-state index is 13.5. The molecule has 35 heavy (non-hydrogen) atoms. The summed E-state index contributed by atoms with van der Waals surface area (Å²) in [5.41, 5.74) is 4.73. The summed E-state index contributed by atoms with van der Waals surface area (Å²) >= 11 is 1.68. The van der Waals surface area contributed by atoms with Crippen molar-refractivity contribution in [2.75, 3.05) is 7.11 Å². The number of thiophene rings is 1. The molecule has 2 aromatic carbocycles. The van der Waals surface area contributed by atoms with Crippen molar-refractivity contribution in [3.05, 3.63) is 111 Å². The van der Waals surface area contributed by atoms with Crippen molar-refractivity contribution in [1.82, 2.24) is 5.32 Å². The van der Waals surface area contributed by atoms with Gasteiger partial charge in [-0.2, -0.15) is 0 Å². The SMILES string of the molecule is COC(=O)C1=C(C)NC2=C(C(=O)C[C@@H](c3cccs3)C2)[C@H]1c1ccc(OCc2ccccc2)cc1. The standard InChI is InChI=1S/C29H27NO4S/c1-18-26(29(32)33-2)27(20-10-12-22(13-11-20)34-17-19-7-4-3-5-8-19)28-23(30-18)15-21(16-24(28)31)25-9-6-14-35-25/h3-14,21,27,30H,15-17H2,1-2H3/t21-,27-/m0/s1. The minimum Gasteiger partial charge on any atom is -0.489 e. The number of Topliss-reactive ketones (excluding diaryl/α,β-unsaturated/α-hetero) is 1. The molecule has 1 aromatic heterocycles. The average molecular weight is 486 g/mol. The molecule has 0 amide bonds. The highest BCUT2D eigenvalue weighted by molar-refractivity contribution is 7.10. The van der Waals surface area contributed by atoms with Crippen LogP contribution in [-0.4, -0.2) is 18.9 Å². The molecule has 0 saturated carbocycles. The van der Waals surface area contributed by atoms with Crippen LogP contribution >= 0.6 is 11.3 Å². The highest BCUT2D eigenvalue weighted by atomic mass is 32.1. The fourth-order valence-electron chi connectivity index (χ4n) is 4.98. The molecule has 0 saturated heterocycles. The number of ketones is 1. The minimum absolute atomic E-state index is 0.0699. The zero-order chi connectivity index (χ0) is 24.4. The molecule has 178 valence electrons. The number of esters is 1. The molecule has 5 nitrogen and oxygen atoms in total. The Morgan fingerprint density at radius 1 is 1.03 bits per heavy atom. The number of carbonyl (C=O) groups excluding carboxylic acids is 2. The predicted octanol–water partition coefficient (Wildman–Crippen LogP) is 5.86. The van der Waals surface area contributed by atoms with Crippen LogP contribution in [0.2, 0.25) is 0 Å². The van der Waals surface area contributed by atoms with Crippen LogP contribution in [0.3, 0.4) is 0 Å². The Morgan fingerprint density at radius 2 is 1.80 bits per heavy atom. The van der Waals surface area contributed by atoms with Crippen molar-refractivity contribution in [3.8, 4) is 5.75 Å². The predicted molar refractivity (Wildman–Crippen MR) is 136 cm³/mol. The number of methoxy groups -OCH3 is 1. The van der Waals surface area contributed by atoms with Crippen LogP contribution in [0.25, 0.3) is 0 Å². The van der Waals surface area contributed by atoms with E-state index in [1.165, 1.54) is 12.0 Å². The molecule has 2 heterocycles. The number of carbonyl (C=O) groups is 2. The molecule has 2 aliphatic rings. The van der Waals surface area contributed by atoms with Crippen LogP contribution in [0, 0.1) is 0 Å². The topological polar surface area (TPSA) is 64.6 Å². The molecule has 0 spiro atoms. The summed E-state index contributed by atoms with van der Waals surface area (Å²) in [5, 5.41) is 5.42. The second-order valence-corrected chi connectivity index (χ2v) is 9.85. The van der Waals surface area contributed by atoms with Gasteiger partial charge in [0.2, 0.25) is 0 Å². The highest BCUT2D eigenvalue weighted by Gasteiger charge is 2.41. The van der Waals surface area contributed by atoms with Crippen LogP contribution < -0.4 is 10.1 Å². The molecule has 3 aromatic rings. The lowest BCUT2D eigenvalue weighted by molar-refractivity contribution is -0.136. The van der Waals surface area contributed by atoms with Gasteiger partial charge in [-0.3, -0.25) is 4.79 Å². The molecule has 0 bridgehead atoms. The average Bonchev–Trinajstić information content (AvgIpc) is 3.42. The Labute approximate surface area is 209 Å². The summed E-state index contributed by atoms with van der Waals surface area (Å²) in [7, 11) is 1.37. The van der Waals surface area contributed by atoms with Gasteiger partial charge in [0.1, 0.15) is 12.4 Å². The Kier molecular flexibility index (Phi) is 6.55. The molecule has 1 aliphatic heterocycles. The smallest absolute Gasteiger partial charge is 0.336 e. The summed E-state index contributed by atoms with van der Waals surface area (Å²) in [6, 6.07) is 21.8.